The maximum absolute atomic E-state index is 13.8. The molecule has 1 N–H and O–H groups in total. The van der Waals surface area contributed by atoms with E-state index in [0.29, 0.717) is 36.6 Å². The molecule has 0 spiro atoms. The fourth-order valence-electron chi connectivity index (χ4n) is 4.33. The number of rotatable bonds is 8. The van der Waals surface area contributed by atoms with Gasteiger partial charge in [0, 0.05) is 10.0 Å². The average Bonchev–Trinajstić information content (AvgIpc) is 3.11. The Labute approximate surface area is 219 Å². The summed E-state index contributed by atoms with van der Waals surface area (Å²) >= 11 is 3.47. The first-order valence-corrected chi connectivity index (χ1v) is 12.6. The molecule has 1 aliphatic rings. The SMILES string of the molecule is Cc1cc(OCc2ccccc2)ccc1C([O-])=C1C(=O)C(=O)N(CC[NH+](C)C)C1c1cccc(Br)c1. The molecule has 6 nitrogen and oxygen atoms in total. The lowest BCUT2D eigenvalue weighted by Gasteiger charge is -2.28. The van der Waals surface area contributed by atoms with Gasteiger partial charge in [-0.15, -0.1) is 0 Å². The predicted molar refractivity (Wildman–Crippen MR) is 140 cm³/mol. The monoisotopic (exact) mass is 548 g/mol. The third-order valence-electron chi connectivity index (χ3n) is 6.24. The number of aryl methyl sites for hydroxylation is 1. The van der Waals surface area contributed by atoms with Crippen molar-refractivity contribution in [3.63, 3.8) is 0 Å². The second-order valence-corrected chi connectivity index (χ2v) is 10.2. The van der Waals surface area contributed by atoms with Crippen molar-refractivity contribution in [2.75, 3.05) is 27.2 Å². The van der Waals surface area contributed by atoms with Crippen molar-refractivity contribution >= 4 is 33.4 Å². The molecule has 3 aromatic rings. The summed E-state index contributed by atoms with van der Waals surface area (Å²) < 4.78 is 6.70. The van der Waals surface area contributed by atoms with Crippen molar-refractivity contribution < 1.29 is 24.3 Å². The second-order valence-electron chi connectivity index (χ2n) is 9.24. The van der Waals surface area contributed by atoms with Crippen LogP contribution in [0.2, 0.25) is 0 Å². The van der Waals surface area contributed by atoms with E-state index in [-0.39, 0.29) is 5.57 Å². The fraction of sp³-hybridized carbons (Fsp3) is 0.241. The molecule has 1 atom stereocenters. The van der Waals surface area contributed by atoms with Crippen molar-refractivity contribution in [1.82, 2.24) is 4.90 Å². The number of carbonyl (C=O) groups is 2. The first-order chi connectivity index (χ1) is 17.3. The normalized spacial score (nSPS) is 17.1. The van der Waals surface area contributed by atoms with E-state index in [1.807, 2.05) is 75.6 Å². The first kappa shape index (κ1) is 25.7. The van der Waals surface area contributed by atoms with E-state index >= 15 is 0 Å². The van der Waals surface area contributed by atoms with Gasteiger partial charge >= 0.3 is 0 Å². The molecule has 0 bridgehead atoms. The molecule has 0 radical (unpaired) electrons. The Morgan fingerprint density at radius 1 is 1.03 bits per heavy atom. The van der Waals surface area contributed by atoms with Crippen LogP contribution < -0.4 is 14.7 Å². The minimum atomic E-state index is -0.734. The van der Waals surface area contributed by atoms with Crippen LogP contribution in [0.5, 0.6) is 5.75 Å². The van der Waals surface area contributed by atoms with Gasteiger partial charge in [0.2, 0.25) is 5.78 Å². The van der Waals surface area contributed by atoms with Gasteiger partial charge in [-0.2, -0.15) is 0 Å². The lowest BCUT2D eigenvalue weighted by Crippen LogP contribution is -3.06. The van der Waals surface area contributed by atoms with E-state index in [0.717, 1.165) is 20.5 Å². The number of benzene rings is 3. The van der Waals surface area contributed by atoms with Crippen LogP contribution in [0.4, 0.5) is 0 Å². The standard InChI is InChI=1S/C29H29BrN2O4/c1-19-16-23(36-18-20-8-5-4-6-9-20)12-13-24(19)27(33)25-26(21-10-7-11-22(30)17-21)32(15-14-31(2)3)29(35)28(25)34/h4-13,16-17,26,33H,14-15,18H2,1-3H3. The zero-order valence-electron chi connectivity index (χ0n) is 20.6. The largest absolute Gasteiger partial charge is 0.872 e. The predicted octanol–water partition coefficient (Wildman–Crippen LogP) is 2.71. The number of nitrogens with zero attached hydrogens (tertiary/aromatic N) is 1. The molecule has 4 rings (SSSR count). The highest BCUT2D eigenvalue weighted by Crippen LogP contribution is 2.39. The molecule has 0 saturated carbocycles. The number of nitrogens with one attached hydrogen (secondary N) is 1. The average molecular weight is 549 g/mol. The number of carbonyl (C=O) groups excluding carboxylic acids is 2. The Morgan fingerprint density at radius 3 is 2.44 bits per heavy atom. The molecule has 7 heteroatoms. The molecular formula is C29H29BrN2O4. The molecule has 36 heavy (non-hydrogen) atoms. The van der Waals surface area contributed by atoms with Crippen LogP contribution in [0.25, 0.3) is 5.76 Å². The number of hydrogen-bond acceptors (Lipinski definition) is 4. The van der Waals surface area contributed by atoms with Crippen molar-refractivity contribution in [1.29, 1.82) is 0 Å². The van der Waals surface area contributed by atoms with Gasteiger partial charge < -0.3 is 19.6 Å². The van der Waals surface area contributed by atoms with E-state index in [1.54, 1.807) is 18.2 Å². The van der Waals surface area contributed by atoms with Gasteiger partial charge in [0.1, 0.15) is 12.4 Å². The van der Waals surface area contributed by atoms with Gasteiger partial charge in [0.15, 0.2) is 0 Å². The molecular weight excluding hydrogens is 520 g/mol. The number of ketones is 1. The zero-order valence-corrected chi connectivity index (χ0v) is 22.2. The summed E-state index contributed by atoms with van der Waals surface area (Å²) in [4.78, 5) is 28.9. The summed E-state index contributed by atoms with van der Waals surface area (Å²) in [7, 11) is 3.97. The van der Waals surface area contributed by atoms with Gasteiger partial charge in [-0.25, -0.2) is 0 Å². The van der Waals surface area contributed by atoms with Crippen molar-refractivity contribution in [3.8, 4) is 5.75 Å². The molecule has 0 aliphatic carbocycles. The number of hydrogen-bond donors (Lipinski definition) is 1. The maximum Gasteiger partial charge on any atom is 0.295 e. The number of likely N-dealkylation sites (tertiary alicyclic amines) is 1. The summed E-state index contributed by atoms with van der Waals surface area (Å²) in [6, 6.07) is 21.7. The van der Waals surface area contributed by atoms with Gasteiger partial charge in [0.25, 0.3) is 5.91 Å². The minimum Gasteiger partial charge on any atom is -0.872 e. The van der Waals surface area contributed by atoms with Crippen molar-refractivity contribution in [2.45, 2.75) is 19.6 Å². The summed E-state index contributed by atoms with van der Waals surface area (Å²) in [5.41, 5.74) is 2.83. The van der Waals surface area contributed by atoms with Crippen LogP contribution in [0.1, 0.15) is 28.3 Å². The Bertz CT molecular complexity index is 1300. The molecule has 1 unspecified atom stereocenters. The Kier molecular flexibility index (Phi) is 7.91. The highest BCUT2D eigenvalue weighted by atomic mass is 79.9. The number of amides is 1. The van der Waals surface area contributed by atoms with Crippen molar-refractivity contribution in [2.24, 2.45) is 0 Å². The van der Waals surface area contributed by atoms with Crippen LogP contribution in [-0.4, -0.2) is 43.8 Å². The fourth-order valence-corrected chi connectivity index (χ4v) is 4.75. The lowest BCUT2D eigenvalue weighted by atomic mass is 9.94. The van der Waals surface area contributed by atoms with Gasteiger partial charge in [-0.1, -0.05) is 70.2 Å². The third-order valence-corrected chi connectivity index (χ3v) is 6.73. The number of quaternary nitrogens is 1. The number of likely N-dealkylation sites (N-methyl/N-ethyl adjacent to an activating group) is 1. The van der Waals surface area contributed by atoms with E-state index in [2.05, 4.69) is 15.9 Å². The second kappa shape index (κ2) is 11.1. The van der Waals surface area contributed by atoms with Gasteiger partial charge in [-0.3, -0.25) is 9.59 Å². The molecule has 1 aliphatic heterocycles. The van der Waals surface area contributed by atoms with Gasteiger partial charge in [0.05, 0.1) is 33.2 Å². The third kappa shape index (κ3) is 5.53. The number of Topliss-reactive ketones (excluding diaryl/α,β-unsaturated/α-hetero) is 1. The summed E-state index contributed by atoms with van der Waals surface area (Å²) in [6.07, 6.45) is 0. The van der Waals surface area contributed by atoms with Gasteiger partial charge in [-0.05, 0) is 53.4 Å². The van der Waals surface area contributed by atoms with Crippen molar-refractivity contribution in [3.05, 3.63) is 105 Å². The minimum absolute atomic E-state index is 0.00656. The smallest absolute Gasteiger partial charge is 0.295 e. The molecule has 0 aromatic heterocycles. The summed E-state index contributed by atoms with van der Waals surface area (Å²) in [6.45, 7) is 3.24. The number of ether oxygens (including phenoxy) is 1. The maximum atomic E-state index is 13.8. The molecule has 1 heterocycles. The van der Waals surface area contributed by atoms with Crippen LogP contribution in [-0.2, 0) is 16.2 Å². The van der Waals surface area contributed by atoms with Crippen LogP contribution in [0.15, 0.2) is 82.8 Å². The topological polar surface area (TPSA) is 74.1 Å². The van der Waals surface area contributed by atoms with E-state index < -0.39 is 23.5 Å². The molecule has 3 aromatic carbocycles. The highest BCUT2D eigenvalue weighted by Gasteiger charge is 2.44. The number of halogens is 1. The zero-order chi connectivity index (χ0) is 25.8. The molecule has 1 saturated heterocycles. The molecule has 1 amide bonds. The first-order valence-electron chi connectivity index (χ1n) is 11.8. The van der Waals surface area contributed by atoms with E-state index in [9.17, 15) is 14.7 Å². The quantitative estimate of drug-likeness (QED) is 0.267. The van der Waals surface area contributed by atoms with E-state index in [4.69, 9.17) is 4.74 Å². The Morgan fingerprint density at radius 2 is 1.78 bits per heavy atom. The summed E-state index contributed by atoms with van der Waals surface area (Å²) in [5.74, 6) is -1.16. The molecule has 1 fully saturated rings. The summed E-state index contributed by atoms with van der Waals surface area (Å²) in [5, 5.41) is 13.8. The van der Waals surface area contributed by atoms with Crippen LogP contribution in [0.3, 0.4) is 0 Å². The Hall–Kier alpha value is -3.42. The molecule has 186 valence electrons. The lowest BCUT2D eigenvalue weighted by molar-refractivity contribution is -0.857. The Balaban J connectivity index is 1.71. The van der Waals surface area contributed by atoms with Crippen LogP contribution >= 0.6 is 15.9 Å². The van der Waals surface area contributed by atoms with Crippen LogP contribution in [0, 0.1) is 6.92 Å². The van der Waals surface area contributed by atoms with E-state index in [1.165, 1.54) is 4.90 Å². The highest BCUT2D eigenvalue weighted by molar-refractivity contribution is 9.10.